The largest absolute Gasteiger partial charge is 0.351 e. The van der Waals surface area contributed by atoms with Gasteiger partial charge in [0, 0.05) is 31.7 Å². The lowest BCUT2D eigenvalue weighted by Crippen LogP contribution is -2.40. The normalized spacial score (nSPS) is 12.2. The van der Waals surface area contributed by atoms with Crippen molar-refractivity contribution in [3.63, 3.8) is 0 Å². The van der Waals surface area contributed by atoms with Crippen molar-refractivity contribution in [1.82, 2.24) is 13.9 Å². The van der Waals surface area contributed by atoms with Crippen LogP contribution in [0.15, 0.2) is 81.0 Å². The van der Waals surface area contributed by atoms with Gasteiger partial charge in [0.25, 0.3) is 0 Å². The van der Waals surface area contributed by atoms with Crippen LogP contribution in [0.3, 0.4) is 0 Å². The Morgan fingerprint density at radius 2 is 1.35 bits per heavy atom. The molecule has 0 aliphatic carbocycles. The van der Waals surface area contributed by atoms with Crippen molar-refractivity contribution in [3.05, 3.63) is 92.4 Å². The molecule has 0 aliphatic heterocycles. The number of nitrogens with zero attached hydrogens (tertiary/aromatic N) is 2. The van der Waals surface area contributed by atoms with E-state index in [1.807, 2.05) is 0 Å². The molecule has 0 radical (unpaired) electrons. The fourth-order valence-corrected chi connectivity index (χ4v) is 6.10. The van der Waals surface area contributed by atoms with Gasteiger partial charge in [-0.1, -0.05) is 57.3 Å². The molecule has 0 fully saturated rings. The summed E-state index contributed by atoms with van der Waals surface area (Å²) in [7, 11) is -4.73. The van der Waals surface area contributed by atoms with Gasteiger partial charge in [0.05, 0.1) is 26.4 Å². The Balaban J connectivity index is 1.78. The number of rotatable bonds is 10. The molecule has 0 saturated heterocycles. The zero-order valence-electron chi connectivity index (χ0n) is 19.9. The van der Waals surface area contributed by atoms with E-state index < -0.39 is 32.5 Å². The Labute approximate surface area is 235 Å². The summed E-state index contributed by atoms with van der Waals surface area (Å²) in [5.74, 6) is -0.536. The van der Waals surface area contributed by atoms with Crippen molar-refractivity contribution in [2.24, 2.45) is 0 Å². The molecule has 0 heterocycles. The summed E-state index contributed by atoms with van der Waals surface area (Å²) in [4.78, 5) is 13.0. The van der Waals surface area contributed by atoms with E-state index in [0.717, 1.165) is 8.61 Å². The molecule has 0 spiro atoms. The summed E-state index contributed by atoms with van der Waals surface area (Å²) in [6, 6.07) is 16.9. The molecule has 1 N–H and O–H groups in total. The Bertz CT molecular complexity index is 1480. The first-order valence-electron chi connectivity index (χ1n) is 10.8. The molecule has 1 amide bonds. The van der Waals surface area contributed by atoms with E-state index in [9.17, 15) is 21.6 Å². The van der Waals surface area contributed by atoms with E-state index in [-0.39, 0.29) is 27.9 Å². The molecule has 0 unspecified atom stereocenters. The van der Waals surface area contributed by atoms with Gasteiger partial charge in [-0.3, -0.25) is 4.79 Å². The average molecular weight is 649 g/mol. The highest BCUT2D eigenvalue weighted by atomic mass is 79.9. The van der Waals surface area contributed by atoms with Gasteiger partial charge < -0.3 is 5.32 Å². The molecule has 0 aromatic heterocycles. The lowest BCUT2D eigenvalue weighted by molar-refractivity contribution is -0.121. The minimum Gasteiger partial charge on any atom is -0.351 e. The van der Waals surface area contributed by atoms with E-state index in [1.165, 1.54) is 38.4 Å². The van der Waals surface area contributed by atoms with Gasteiger partial charge in [-0.05, 0) is 59.7 Å². The number of sulfonamides is 2. The Kier molecular flexibility index (Phi) is 9.79. The number of hydrogen-bond donors (Lipinski definition) is 1. The molecule has 0 atom stereocenters. The molecule has 3 rings (SSSR count). The number of benzene rings is 3. The highest BCUT2D eigenvalue weighted by Gasteiger charge is 2.27. The minimum absolute atomic E-state index is 0.0289. The molecule has 37 heavy (non-hydrogen) atoms. The number of nitrogens with one attached hydrogen (secondary N) is 1. The van der Waals surface area contributed by atoms with Crippen molar-refractivity contribution in [3.8, 4) is 0 Å². The van der Waals surface area contributed by atoms with Gasteiger partial charge in [0.15, 0.2) is 0 Å². The van der Waals surface area contributed by atoms with Crippen LogP contribution in [0.1, 0.15) is 11.1 Å². The van der Waals surface area contributed by atoms with Crippen LogP contribution in [-0.2, 0) is 37.9 Å². The second-order valence-corrected chi connectivity index (χ2v) is 14.0. The van der Waals surface area contributed by atoms with Crippen LogP contribution in [0.5, 0.6) is 0 Å². The van der Waals surface area contributed by atoms with Crippen LogP contribution in [0.25, 0.3) is 0 Å². The topological polar surface area (TPSA) is 104 Å². The summed E-state index contributed by atoms with van der Waals surface area (Å²) < 4.78 is 54.1. The zero-order valence-corrected chi connectivity index (χ0v) is 24.6. The third-order valence-electron chi connectivity index (χ3n) is 5.31. The average Bonchev–Trinajstić information content (AvgIpc) is 2.85. The monoisotopic (exact) mass is 647 g/mol. The maximum absolute atomic E-state index is 13.4. The first kappa shape index (κ1) is 29.6. The summed E-state index contributed by atoms with van der Waals surface area (Å²) in [5.41, 5.74) is 1.21. The highest BCUT2D eigenvalue weighted by molar-refractivity contribution is 9.10. The first-order chi connectivity index (χ1) is 17.3. The van der Waals surface area contributed by atoms with Gasteiger partial charge in [-0.15, -0.1) is 0 Å². The van der Waals surface area contributed by atoms with E-state index in [1.54, 1.807) is 42.5 Å². The predicted molar refractivity (Wildman–Crippen MR) is 147 cm³/mol. The number of hydrogen-bond acceptors (Lipinski definition) is 5. The van der Waals surface area contributed by atoms with Crippen LogP contribution in [0.2, 0.25) is 10.0 Å². The SMILES string of the molecule is CN(C)S(=O)(=O)c1ccc(CNC(=O)CN(Cc2ccc(Cl)c(Cl)c2)S(=O)(=O)c2ccc(Br)cc2)cc1. The quantitative estimate of drug-likeness (QED) is 0.348. The maximum atomic E-state index is 13.4. The number of carbonyl (C=O) groups is 1. The minimum atomic E-state index is -4.04. The van der Waals surface area contributed by atoms with Crippen molar-refractivity contribution in [2.45, 2.75) is 22.9 Å². The Morgan fingerprint density at radius 1 is 0.811 bits per heavy atom. The molecule has 3 aromatic rings. The van der Waals surface area contributed by atoms with Gasteiger partial charge in [-0.2, -0.15) is 4.31 Å². The van der Waals surface area contributed by atoms with E-state index in [2.05, 4.69) is 21.2 Å². The Hall–Kier alpha value is -1.99. The number of halogens is 3. The summed E-state index contributed by atoms with van der Waals surface area (Å²) in [5, 5.41) is 3.29. The van der Waals surface area contributed by atoms with Crippen molar-refractivity contribution in [1.29, 1.82) is 0 Å². The summed E-state index contributed by atoms with van der Waals surface area (Å²) in [6.07, 6.45) is 0. The van der Waals surface area contributed by atoms with Crippen LogP contribution in [-0.4, -0.2) is 52.0 Å². The second kappa shape index (κ2) is 12.2. The van der Waals surface area contributed by atoms with Gasteiger partial charge in [0.1, 0.15) is 0 Å². The Morgan fingerprint density at radius 3 is 1.92 bits per heavy atom. The molecule has 0 saturated carbocycles. The van der Waals surface area contributed by atoms with Crippen LogP contribution < -0.4 is 5.32 Å². The molecular weight excluding hydrogens is 625 g/mol. The highest BCUT2D eigenvalue weighted by Crippen LogP contribution is 2.25. The zero-order chi connectivity index (χ0) is 27.4. The number of amides is 1. The fourth-order valence-electron chi connectivity index (χ4n) is 3.23. The van der Waals surface area contributed by atoms with Crippen molar-refractivity contribution < 1.29 is 21.6 Å². The maximum Gasteiger partial charge on any atom is 0.243 e. The molecule has 198 valence electrons. The predicted octanol–water partition coefficient (Wildman–Crippen LogP) is 4.51. The lowest BCUT2D eigenvalue weighted by Gasteiger charge is -2.22. The van der Waals surface area contributed by atoms with Gasteiger partial charge in [0.2, 0.25) is 26.0 Å². The molecular formula is C24H24BrCl2N3O5S2. The molecule has 3 aromatic carbocycles. The van der Waals surface area contributed by atoms with Crippen LogP contribution in [0.4, 0.5) is 0 Å². The van der Waals surface area contributed by atoms with Gasteiger partial charge >= 0.3 is 0 Å². The van der Waals surface area contributed by atoms with Crippen molar-refractivity contribution in [2.75, 3.05) is 20.6 Å². The molecule has 0 aliphatic rings. The molecule has 8 nitrogen and oxygen atoms in total. The smallest absolute Gasteiger partial charge is 0.243 e. The fraction of sp³-hybridized carbons (Fsp3) is 0.208. The van der Waals surface area contributed by atoms with E-state index in [0.29, 0.717) is 20.6 Å². The van der Waals surface area contributed by atoms with Crippen molar-refractivity contribution >= 4 is 65.1 Å². The second-order valence-electron chi connectivity index (χ2n) is 8.18. The third-order valence-corrected chi connectivity index (χ3v) is 10.2. The summed E-state index contributed by atoms with van der Waals surface area (Å²) in [6.45, 7) is -0.481. The number of carbonyl (C=O) groups excluding carboxylic acids is 1. The van der Waals surface area contributed by atoms with Crippen LogP contribution in [0, 0.1) is 0 Å². The lowest BCUT2D eigenvalue weighted by atomic mass is 10.2. The van der Waals surface area contributed by atoms with E-state index >= 15 is 0 Å². The standard InChI is InChI=1S/C24H24BrCl2N3O5S2/c1-29(2)36(32,33)20-8-3-17(4-9-20)14-28-24(31)16-30(15-18-5-12-22(26)23(27)13-18)37(34,35)21-10-6-19(25)7-11-21/h3-13H,14-16H2,1-2H3,(H,28,31). The first-order valence-corrected chi connectivity index (χ1v) is 15.2. The third kappa shape index (κ3) is 7.53. The summed E-state index contributed by atoms with van der Waals surface area (Å²) >= 11 is 15.4. The van der Waals surface area contributed by atoms with E-state index in [4.69, 9.17) is 23.2 Å². The molecule has 0 bridgehead atoms. The molecule has 13 heteroatoms. The van der Waals surface area contributed by atoms with Gasteiger partial charge in [-0.25, -0.2) is 21.1 Å². The van der Waals surface area contributed by atoms with Crippen LogP contribution >= 0.6 is 39.1 Å².